The van der Waals surface area contributed by atoms with Crippen LogP contribution in [0.25, 0.3) is 21.8 Å². The zero-order chi connectivity index (χ0) is 18.6. The highest BCUT2D eigenvalue weighted by Gasteiger charge is 2.13. The number of rotatable bonds is 4. The van der Waals surface area contributed by atoms with Gasteiger partial charge in [0.25, 0.3) is 0 Å². The number of nitrogens with zero attached hydrogens (tertiary/aromatic N) is 3. The van der Waals surface area contributed by atoms with Crippen LogP contribution in [0.1, 0.15) is 19.3 Å². The van der Waals surface area contributed by atoms with E-state index < -0.39 is 0 Å². The molecule has 0 atom stereocenters. The lowest BCUT2D eigenvalue weighted by molar-refractivity contribution is 0.222. The largest absolute Gasteiger partial charge is 0.375 e. The van der Waals surface area contributed by atoms with Crippen LogP contribution >= 0.6 is 12.2 Å². The van der Waals surface area contributed by atoms with Crippen molar-refractivity contribution >= 4 is 39.1 Å². The van der Waals surface area contributed by atoms with Gasteiger partial charge in [-0.2, -0.15) is 5.10 Å². The molecule has 2 heterocycles. The molecule has 0 bridgehead atoms. The first-order valence-electron chi connectivity index (χ1n) is 9.56. The highest BCUT2D eigenvalue weighted by Crippen LogP contribution is 2.20. The van der Waals surface area contributed by atoms with E-state index in [2.05, 4.69) is 56.4 Å². The monoisotopic (exact) mass is 379 g/mol. The van der Waals surface area contributed by atoms with Crippen LogP contribution in [-0.4, -0.2) is 34.2 Å². The number of nitrogens with two attached hydrogens (primary N) is 1. The molecular weight excluding hydrogens is 354 g/mol. The van der Waals surface area contributed by atoms with Gasteiger partial charge in [-0.25, -0.2) is 0 Å². The Bertz CT molecular complexity index is 974. The van der Waals surface area contributed by atoms with Crippen LogP contribution in [-0.2, 0) is 6.54 Å². The summed E-state index contributed by atoms with van der Waals surface area (Å²) in [4.78, 5) is 2.58. The van der Waals surface area contributed by atoms with E-state index in [1.807, 2.05) is 12.1 Å². The Morgan fingerprint density at radius 1 is 0.926 bits per heavy atom. The standard InChI is InChI=1S/C21H25N5S/c22-21(27)24-23-20-16-8-2-4-10-18(16)26(19-11-5-3-9-17(19)20)15-14-25-12-6-1-7-13-25/h2-5,8-11H,1,6-7,12-15H2,(H3,22,24,27). The predicted octanol–water partition coefficient (Wildman–Crippen LogP) is 2.93. The predicted molar refractivity (Wildman–Crippen MR) is 115 cm³/mol. The molecular formula is C21H25N5S. The van der Waals surface area contributed by atoms with E-state index in [4.69, 9.17) is 18.0 Å². The summed E-state index contributed by atoms with van der Waals surface area (Å²) in [6, 6.07) is 16.8. The molecule has 0 amide bonds. The molecule has 27 heavy (non-hydrogen) atoms. The molecule has 3 aromatic rings. The minimum Gasteiger partial charge on any atom is -0.375 e. The first-order valence-corrected chi connectivity index (χ1v) is 9.97. The molecule has 6 heteroatoms. The lowest BCUT2D eigenvalue weighted by atomic mass is 10.1. The van der Waals surface area contributed by atoms with Crippen molar-refractivity contribution in [3.05, 3.63) is 53.9 Å². The zero-order valence-corrected chi connectivity index (χ0v) is 16.2. The number of para-hydroxylation sites is 2. The van der Waals surface area contributed by atoms with Crippen molar-refractivity contribution in [3.8, 4) is 0 Å². The molecule has 4 rings (SSSR count). The van der Waals surface area contributed by atoms with Crippen LogP contribution in [0.4, 0.5) is 0 Å². The Balaban J connectivity index is 1.86. The number of thiocarbonyl (C=S) groups is 1. The van der Waals surface area contributed by atoms with Gasteiger partial charge in [-0.15, -0.1) is 0 Å². The van der Waals surface area contributed by atoms with Crippen LogP contribution < -0.4 is 16.5 Å². The van der Waals surface area contributed by atoms with E-state index in [0.717, 1.165) is 29.2 Å². The van der Waals surface area contributed by atoms with E-state index in [1.54, 1.807) is 0 Å². The molecule has 1 fully saturated rings. The average Bonchev–Trinajstić information content (AvgIpc) is 2.71. The Morgan fingerprint density at radius 3 is 2.11 bits per heavy atom. The zero-order valence-electron chi connectivity index (χ0n) is 15.4. The maximum absolute atomic E-state index is 5.60. The SMILES string of the molecule is NC(=S)NN=c1c2ccccc2n(CCN2CCCCC2)c2ccccc12. The smallest absolute Gasteiger partial charge is 0.184 e. The number of nitrogens with one attached hydrogen (secondary N) is 1. The van der Waals surface area contributed by atoms with Gasteiger partial charge in [-0.05, 0) is 50.3 Å². The molecule has 0 radical (unpaired) electrons. The second-order valence-electron chi connectivity index (χ2n) is 7.02. The van der Waals surface area contributed by atoms with Gasteiger partial charge in [0, 0.05) is 23.9 Å². The van der Waals surface area contributed by atoms with Crippen LogP contribution in [0, 0.1) is 0 Å². The molecule has 2 aromatic carbocycles. The third-order valence-electron chi connectivity index (χ3n) is 5.27. The molecule has 0 aliphatic carbocycles. The van der Waals surface area contributed by atoms with Crippen molar-refractivity contribution in [2.75, 3.05) is 19.6 Å². The summed E-state index contributed by atoms with van der Waals surface area (Å²) in [5.74, 6) is 0. The maximum atomic E-state index is 5.60. The number of hydrogen-bond acceptors (Lipinski definition) is 3. The van der Waals surface area contributed by atoms with Gasteiger partial charge in [0.1, 0.15) is 5.36 Å². The topological polar surface area (TPSA) is 58.6 Å². The van der Waals surface area contributed by atoms with E-state index in [9.17, 15) is 0 Å². The number of likely N-dealkylation sites (tertiary alicyclic amines) is 1. The van der Waals surface area contributed by atoms with Gasteiger partial charge >= 0.3 is 0 Å². The molecule has 1 aromatic heterocycles. The van der Waals surface area contributed by atoms with Crippen molar-refractivity contribution in [3.63, 3.8) is 0 Å². The first-order chi connectivity index (χ1) is 13.2. The summed E-state index contributed by atoms with van der Waals surface area (Å²) >= 11 is 4.94. The van der Waals surface area contributed by atoms with E-state index in [0.29, 0.717) is 0 Å². The Kier molecular flexibility index (Phi) is 5.36. The van der Waals surface area contributed by atoms with Crippen LogP contribution in [0.15, 0.2) is 53.6 Å². The quantitative estimate of drug-likeness (QED) is 0.416. The molecule has 1 aliphatic rings. The van der Waals surface area contributed by atoms with Crippen molar-refractivity contribution in [2.24, 2.45) is 10.8 Å². The minimum absolute atomic E-state index is 0.171. The molecule has 3 N–H and O–H groups in total. The molecule has 0 unspecified atom stereocenters. The van der Waals surface area contributed by atoms with Gasteiger partial charge in [-0.1, -0.05) is 42.8 Å². The third kappa shape index (κ3) is 3.82. The maximum Gasteiger partial charge on any atom is 0.184 e. The van der Waals surface area contributed by atoms with Crippen LogP contribution in [0.5, 0.6) is 0 Å². The van der Waals surface area contributed by atoms with Gasteiger partial charge < -0.3 is 15.2 Å². The molecule has 0 spiro atoms. The Labute approximate surface area is 164 Å². The van der Waals surface area contributed by atoms with Crippen molar-refractivity contribution in [2.45, 2.75) is 25.8 Å². The molecule has 5 nitrogen and oxygen atoms in total. The number of pyridine rings is 1. The molecule has 1 aliphatic heterocycles. The van der Waals surface area contributed by atoms with E-state index in [-0.39, 0.29) is 5.11 Å². The van der Waals surface area contributed by atoms with Gasteiger partial charge in [0.2, 0.25) is 0 Å². The van der Waals surface area contributed by atoms with Crippen molar-refractivity contribution in [1.29, 1.82) is 0 Å². The average molecular weight is 380 g/mol. The molecule has 1 saturated heterocycles. The number of aromatic nitrogens is 1. The third-order valence-corrected chi connectivity index (χ3v) is 5.36. The highest BCUT2D eigenvalue weighted by molar-refractivity contribution is 7.80. The van der Waals surface area contributed by atoms with E-state index >= 15 is 0 Å². The highest BCUT2D eigenvalue weighted by atomic mass is 32.1. The van der Waals surface area contributed by atoms with Crippen LogP contribution in [0.2, 0.25) is 0 Å². The molecule has 140 valence electrons. The fraction of sp³-hybridized carbons (Fsp3) is 0.333. The van der Waals surface area contributed by atoms with Crippen LogP contribution in [0.3, 0.4) is 0 Å². The minimum atomic E-state index is 0.171. The Morgan fingerprint density at radius 2 is 1.52 bits per heavy atom. The second kappa shape index (κ2) is 8.06. The summed E-state index contributed by atoms with van der Waals surface area (Å²) in [5.41, 5.74) is 10.7. The number of piperidine rings is 1. The molecule has 0 saturated carbocycles. The fourth-order valence-electron chi connectivity index (χ4n) is 3.99. The summed E-state index contributed by atoms with van der Waals surface area (Å²) in [6.07, 6.45) is 3.99. The number of hydrogen-bond donors (Lipinski definition) is 2. The fourth-order valence-corrected chi connectivity index (χ4v) is 4.04. The number of benzene rings is 2. The summed E-state index contributed by atoms with van der Waals surface area (Å²) in [5, 5.41) is 7.75. The lowest BCUT2D eigenvalue weighted by Gasteiger charge is -2.27. The summed E-state index contributed by atoms with van der Waals surface area (Å²) < 4.78 is 2.42. The van der Waals surface area contributed by atoms with Gasteiger partial charge in [-0.3, -0.25) is 5.43 Å². The normalized spacial score (nSPS) is 15.1. The van der Waals surface area contributed by atoms with Gasteiger partial charge in [0.05, 0.1) is 11.0 Å². The number of fused-ring (bicyclic) bond motifs is 2. The van der Waals surface area contributed by atoms with Gasteiger partial charge in [0.15, 0.2) is 5.11 Å². The lowest BCUT2D eigenvalue weighted by Crippen LogP contribution is -2.33. The Hall–Kier alpha value is -2.44. The van der Waals surface area contributed by atoms with E-state index in [1.165, 1.54) is 43.4 Å². The summed E-state index contributed by atoms with van der Waals surface area (Å²) in [7, 11) is 0. The first kappa shape index (κ1) is 17.9. The second-order valence-corrected chi connectivity index (χ2v) is 7.46. The van der Waals surface area contributed by atoms with Crippen molar-refractivity contribution in [1.82, 2.24) is 14.9 Å². The summed E-state index contributed by atoms with van der Waals surface area (Å²) in [6.45, 7) is 4.45. The van der Waals surface area contributed by atoms with Crippen molar-refractivity contribution < 1.29 is 0 Å².